The third kappa shape index (κ3) is 3.29. The summed E-state index contributed by atoms with van der Waals surface area (Å²) in [5.41, 5.74) is 2.97. The second-order valence-electron chi connectivity index (χ2n) is 5.08. The Hall–Kier alpha value is -2.95. The lowest BCUT2D eigenvalue weighted by Crippen LogP contribution is -2.07. The minimum absolute atomic E-state index is 0.225. The Morgan fingerprint density at radius 1 is 1.13 bits per heavy atom. The Labute approximate surface area is 134 Å². The van der Waals surface area contributed by atoms with Gasteiger partial charge in [0.1, 0.15) is 18.1 Å². The van der Waals surface area contributed by atoms with Gasteiger partial charge in [-0.05, 0) is 36.2 Å². The topological polar surface area (TPSA) is 57.0 Å². The van der Waals surface area contributed by atoms with Crippen LogP contribution in [0.1, 0.15) is 28.7 Å². The molecular weight excluding hydrogens is 290 g/mol. The number of aryl methyl sites for hydroxylation is 1. The van der Waals surface area contributed by atoms with Crippen molar-refractivity contribution in [2.24, 2.45) is 0 Å². The highest BCUT2D eigenvalue weighted by Crippen LogP contribution is 2.18. The van der Waals surface area contributed by atoms with Crippen molar-refractivity contribution < 1.29 is 9.53 Å². The number of carbonyl (C=O) groups excluding carboxylic acids is 1. The van der Waals surface area contributed by atoms with Crippen LogP contribution >= 0.6 is 0 Å². The minimum Gasteiger partial charge on any atom is -0.487 e. The molecule has 1 aromatic heterocycles. The Bertz CT molecular complexity index is 797. The normalized spacial score (nSPS) is 10.5. The molecule has 0 aliphatic carbocycles. The van der Waals surface area contributed by atoms with E-state index in [9.17, 15) is 4.79 Å². The summed E-state index contributed by atoms with van der Waals surface area (Å²) < 4.78 is 7.47. The number of aromatic nitrogens is 3. The first-order valence-corrected chi connectivity index (χ1v) is 7.48. The number of rotatable bonds is 6. The summed E-state index contributed by atoms with van der Waals surface area (Å²) in [4.78, 5) is 11.2. The lowest BCUT2D eigenvalue weighted by Gasteiger charge is -2.09. The van der Waals surface area contributed by atoms with E-state index in [1.54, 1.807) is 4.68 Å². The summed E-state index contributed by atoms with van der Waals surface area (Å²) in [6.07, 6.45) is 1.65. The Morgan fingerprint density at radius 3 is 2.70 bits per heavy atom. The predicted octanol–water partition coefficient (Wildman–Crippen LogP) is 3.22. The zero-order valence-electron chi connectivity index (χ0n) is 12.8. The summed E-state index contributed by atoms with van der Waals surface area (Å²) in [5.74, 6) is 0.766. The number of hydrogen-bond donors (Lipinski definition) is 0. The van der Waals surface area contributed by atoms with Gasteiger partial charge < -0.3 is 4.74 Å². The van der Waals surface area contributed by atoms with Crippen LogP contribution in [0.2, 0.25) is 0 Å². The van der Waals surface area contributed by atoms with Crippen LogP contribution in [-0.2, 0) is 13.0 Å². The standard InChI is InChI=1S/C18H17N3O2/c1-2-14-7-6-10-16(11-14)23-13-18-17(12-22)19-20-21(18)15-8-4-3-5-9-15/h3-12H,2,13H2,1H3. The Kier molecular flexibility index (Phi) is 4.47. The Morgan fingerprint density at radius 2 is 1.96 bits per heavy atom. The van der Waals surface area contributed by atoms with Crippen molar-refractivity contribution in [1.82, 2.24) is 15.0 Å². The first-order chi connectivity index (χ1) is 11.3. The van der Waals surface area contributed by atoms with Gasteiger partial charge in [-0.25, -0.2) is 4.68 Å². The number of carbonyl (C=O) groups is 1. The van der Waals surface area contributed by atoms with Crippen molar-refractivity contribution in [3.63, 3.8) is 0 Å². The monoisotopic (exact) mass is 307 g/mol. The zero-order valence-corrected chi connectivity index (χ0v) is 12.8. The second-order valence-corrected chi connectivity index (χ2v) is 5.08. The summed E-state index contributed by atoms with van der Waals surface area (Å²) in [6.45, 7) is 2.32. The van der Waals surface area contributed by atoms with E-state index >= 15 is 0 Å². The van der Waals surface area contributed by atoms with Crippen LogP contribution < -0.4 is 4.74 Å². The summed E-state index contributed by atoms with van der Waals surface area (Å²) >= 11 is 0. The molecule has 0 N–H and O–H groups in total. The van der Waals surface area contributed by atoms with Crippen molar-refractivity contribution in [3.8, 4) is 11.4 Å². The molecule has 0 saturated heterocycles. The maximum Gasteiger partial charge on any atom is 0.172 e. The fourth-order valence-electron chi connectivity index (χ4n) is 2.32. The minimum atomic E-state index is 0.225. The van der Waals surface area contributed by atoms with Gasteiger partial charge in [-0.1, -0.05) is 42.5 Å². The summed E-state index contributed by atoms with van der Waals surface area (Å²) in [5, 5.41) is 7.98. The smallest absolute Gasteiger partial charge is 0.172 e. The molecule has 3 rings (SSSR count). The van der Waals surface area contributed by atoms with E-state index < -0.39 is 0 Å². The number of nitrogens with zero attached hydrogens (tertiary/aromatic N) is 3. The molecule has 0 bridgehead atoms. The molecule has 0 aliphatic rings. The van der Waals surface area contributed by atoms with E-state index in [1.165, 1.54) is 5.56 Å². The molecule has 5 nitrogen and oxygen atoms in total. The molecule has 23 heavy (non-hydrogen) atoms. The van der Waals surface area contributed by atoms with Crippen LogP contribution in [0.4, 0.5) is 0 Å². The van der Waals surface area contributed by atoms with Gasteiger partial charge in [-0.15, -0.1) is 5.10 Å². The molecule has 3 aromatic rings. The van der Waals surface area contributed by atoms with Gasteiger partial charge in [0.15, 0.2) is 12.0 Å². The van der Waals surface area contributed by atoms with Gasteiger partial charge in [0.2, 0.25) is 0 Å². The van der Waals surface area contributed by atoms with Gasteiger partial charge in [0, 0.05) is 0 Å². The lowest BCUT2D eigenvalue weighted by molar-refractivity contribution is 0.111. The molecule has 0 saturated carbocycles. The molecule has 0 amide bonds. The highest BCUT2D eigenvalue weighted by molar-refractivity contribution is 5.73. The van der Waals surface area contributed by atoms with E-state index in [0.717, 1.165) is 17.9 Å². The summed E-state index contributed by atoms with van der Waals surface area (Å²) in [7, 11) is 0. The highest BCUT2D eigenvalue weighted by atomic mass is 16.5. The van der Waals surface area contributed by atoms with Crippen LogP contribution in [0.5, 0.6) is 5.75 Å². The van der Waals surface area contributed by atoms with Gasteiger partial charge in [-0.3, -0.25) is 4.79 Å². The fraction of sp³-hybridized carbons (Fsp3) is 0.167. The van der Waals surface area contributed by atoms with Crippen molar-refractivity contribution in [2.45, 2.75) is 20.0 Å². The largest absolute Gasteiger partial charge is 0.487 e. The molecule has 5 heteroatoms. The zero-order chi connectivity index (χ0) is 16.1. The van der Waals surface area contributed by atoms with Gasteiger partial charge in [0.05, 0.1) is 5.69 Å². The molecule has 0 atom stereocenters. The van der Waals surface area contributed by atoms with Crippen LogP contribution in [0.15, 0.2) is 54.6 Å². The molecule has 0 unspecified atom stereocenters. The lowest BCUT2D eigenvalue weighted by atomic mass is 10.2. The maximum atomic E-state index is 11.2. The third-order valence-electron chi connectivity index (χ3n) is 3.59. The van der Waals surface area contributed by atoms with Gasteiger partial charge in [-0.2, -0.15) is 0 Å². The van der Waals surface area contributed by atoms with E-state index in [4.69, 9.17) is 4.74 Å². The van der Waals surface area contributed by atoms with E-state index in [0.29, 0.717) is 17.7 Å². The van der Waals surface area contributed by atoms with E-state index in [-0.39, 0.29) is 6.61 Å². The van der Waals surface area contributed by atoms with E-state index in [1.807, 2.05) is 48.5 Å². The second kappa shape index (κ2) is 6.87. The highest BCUT2D eigenvalue weighted by Gasteiger charge is 2.14. The van der Waals surface area contributed by atoms with Crippen molar-refractivity contribution >= 4 is 6.29 Å². The molecule has 116 valence electrons. The molecular formula is C18H17N3O2. The number of para-hydroxylation sites is 1. The molecule has 0 aliphatic heterocycles. The molecule has 0 spiro atoms. The number of benzene rings is 2. The quantitative estimate of drug-likeness (QED) is 0.656. The van der Waals surface area contributed by atoms with Crippen molar-refractivity contribution in [1.29, 1.82) is 0 Å². The van der Waals surface area contributed by atoms with Crippen LogP contribution in [0.3, 0.4) is 0 Å². The molecule has 0 radical (unpaired) electrons. The number of hydrogen-bond acceptors (Lipinski definition) is 4. The molecule has 0 fully saturated rings. The predicted molar refractivity (Wildman–Crippen MR) is 86.9 cm³/mol. The van der Waals surface area contributed by atoms with Gasteiger partial charge >= 0.3 is 0 Å². The van der Waals surface area contributed by atoms with Crippen LogP contribution in [0, 0.1) is 0 Å². The van der Waals surface area contributed by atoms with E-state index in [2.05, 4.69) is 23.3 Å². The first kappa shape index (κ1) is 15.0. The van der Waals surface area contributed by atoms with Crippen molar-refractivity contribution in [2.75, 3.05) is 0 Å². The number of aldehydes is 1. The van der Waals surface area contributed by atoms with Crippen molar-refractivity contribution in [3.05, 3.63) is 71.5 Å². The molecule has 1 heterocycles. The van der Waals surface area contributed by atoms with Gasteiger partial charge in [0.25, 0.3) is 0 Å². The first-order valence-electron chi connectivity index (χ1n) is 7.48. The SMILES string of the molecule is CCc1cccc(OCc2c(C=O)nnn2-c2ccccc2)c1. The summed E-state index contributed by atoms with van der Waals surface area (Å²) in [6, 6.07) is 17.5. The maximum absolute atomic E-state index is 11.2. The fourth-order valence-corrected chi connectivity index (χ4v) is 2.32. The average molecular weight is 307 g/mol. The third-order valence-corrected chi connectivity index (χ3v) is 3.59. The molecule has 2 aromatic carbocycles. The average Bonchev–Trinajstić information content (AvgIpc) is 3.04. The Balaban J connectivity index is 1.87. The van der Waals surface area contributed by atoms with Crippen LogP contribution in [-0.4, -0.2) is 21.3 Å². The van der Waals surface area contributed by atoms with Crippen LogP contribution in [0.25, 0.3) is 5.69 Å². The number of ether oxygens (including phenoxy) is 1.